The number of ether oxygens (including phenoxy) is 2. The Morgan fingerprint density at radius 3 is 2.56 bits per heavy atom. The van der Waals surface area contributed by atoms with E-state index in [9.17, 15) is 0 Å². The second-order valence-corrected chi connectivity index (χ2v) is 7.19. The summed E-state index contributed by atoms with van der Waals surface area (Å²) in [6.45, 7) is 3.90. The lowest BCUT2D eigenvalue weighted by Crippen LogP contribution is -2.50. The number of benzene rings is 2. The second-order valence-electron chi connectivity index (χ2n) is 7.19. The first kappa shape index (κ1) is 17.9. The number of para-hydroxylation sites is 1. The Hall–Kier alpha value is -2.53. The lowest BCUT2D eigenvalue weighted by Gasteiger charge is -2.42. The van der Waals surface area contributed by atoms with Crippen molar-refractivity contribution < 1.29 is 14.3 Å². The van der Waals surface area contributed by atoms with Gasteiger partial charge >= 0.3 is 0 Å². The van der Waals surface area contributed by atoms with Gasteiger partial charge in [0.15, 0.2) is 0 Å². The van der Waals surface area contributed by atoms with Gasteiger partial charge in [-0.15, -0.1) is 0 Å². The van der Waals surface area contributed by atoms with E-state index in [0.717, 1.165) is 29.2 Å². The number of nitrogens with zero attached hydrogens (tertiary/aromatic N) is 2. The molecule has 0 spiro atoms. The highest BCUT2D eigenvalue weighted by Crippen LogP contribution is 2.29. The number of fused-ring (bicyclic) bond motifs is 3. The molecule has 0 N–H and O–H groups in total. The van der Waals surface area contributed by atoms with Crippen molar-refractivity contribution in [2.24, 2.45) is 11.1 Å². The van der Waals surface area contributed by atoms with Crippen molar-refractivity contribution in [3.8, 4) is 11.5 Å². The van der Waals surface area contributed by atoms with Crippen LogP contribution in [0, 0.1) is 5.92 Å². The molecule has 0 saturated carbocycles. The van der Waals surface area contributed by atoms with Crippen molar-refractivity contribution in [1.29, 1.82) is 0 Å². The van der Waals surface area contributed by atoms with Crippen molar-refractivity contribution in [3.63, 3.8) is 0 Å². The Labute approximate surface area is 160 Å². The van der Waals surface area contributed by atoms with Crippen molar-refractivity contribution in [2.45, 2.75) is 25.6 Å². The number of hydrogen-bond acceptors (Lipinski definition) is 5. The van der Waals surface area contributed by atoms with Crippen molar-refractivity contribution in [2.75, 3.05) is 26.7 Å². The SMILES string of the molecule is COc1ccc(COc2ccccc2/C=N/OC2CN3CCC2CC3)cc1. The molecule has 3 fully saturated rings. The van der Waals surface area contributed by atoms with E-state index in [-0.39, 0.29) is 6.10 Å². The monoisotopic (exact) mass is 366 g/mol. The van der Waals surface area contributed by atoms with Gasteiger partial charge in [0.25, 0.3) is 0 Å². The zero-order chi connectivity index (χ0) is 18.5. The van der Waals surface area contributed by atoms with E-state index in [4.69, 9.17) is 14.3 Å². The Bertz CT molecular complexity index is 767. The van der Waals surface area contributed by atoms with E-state index in [1.54, 1.807) is 13.3 Å². The summed E-state index contributed by atoms with van der Waals surface area (Å²) in [5.74, 6) is 2.29. The Morgan fingerprint density at radius 1 is 1.07 bits per heavy atom. The zero-order valence-electron chi connectivity index (χ0n) is 15.7. The van der Waals surface area contributed by atoms with Gasteiger partial charge in [-0.25, -0.2) is 0 Å². The fourth-order valence-electron chi connectivity index (χ4n) is 3.80. The molecule has 0 aromatic heterocycles. The second kappa shape index (κ2) is 8.44. The lowest BCUT2D eigenvalue weighted by atomic mass is 9.86. The average molecular weight is 366 g/mol. The molecule has 3 saturated heterocycles. The molecule has 5 rings (SSSR count). The van der Waals surface area contributed by atoms with Crippen molar-refractivity contribution >= 4 is 6.21 Å². The lowest BCUT2D eigenvalue weighted by molar-refractivity contribution is -0.0675. The van der Waals surface area contributed by atoms with Crippen LogP contribution in [-0.4, -0.2) is 44.0 Å². The van der Waals surface area contributed by atoms with Crippen LogP contribution < -0.4 is 9.47 Å². The average Bonchev–Trinajstić information content (AvgIpc) is 2.74. The molecule has 142 valence electrons. The molecule has 0 amide bonds. The smallest absolute Gasteiger partial charge is 0.143 e. The van der Waals surface area contributed by atoms with Gasteiger partial charge in [0, 0.05) is 18.0 Å². The summed E-state index contributed by atoms with van der Waals surface area (Å²) in [6.07, 6.45) is 4.43. The molecule has 27 heavy (non-hydrogen) atoms. The maximum atomic E-state index is 5.99. The minimum absolute atomic E-state index is 0.219. The van der Waals surface area contributed by atoms with Gasteiger partial charge in [-0.05, 0) is 55.8 Å². The van der Waals surface area contributed by atoms with E-state index in [1.165, 1.54) is 25.9 Å². The van der Waals surface area contributed by atoms with Crippen LogP contribution in [0.15, 0.2) is 53.7 Å². The summed E-state index contributed by atoms with van der Waals surface area (Å²) < 4.78 is 11.2. The summed E-state index contributed by atoms with van der Waals surface area (Å²) in [5, 5.41) is 4.27. The Balaban J connectivity index is 1.35. The number of methoxy groups -OCH3 is 1. The zero-order valence-corrected chi connectivity index (χ0v) is 15.7. The van der Waals surface area contributed by atoms with Crippen LogP contribution >= 0.6 is 0 Å². The molecule has 3 aliphatic heterocycles. The van der Waals surface area contributed by atoms with E-state index in [0.29, 0.717) is 12.5 Å². The van der Waals surface area contributed by atoms with Gasteiger partial charge in [-0.3, -0.25) is 4.90 Å². The fourth-order valence-corrected chi connectivity index (χ4v) is 3.80. The minimum Gasteiger partial charge on any atom is -0.497 e. The third kappa shape index (κ3) is 4.42. The van der Waals surface area contributed by atoms with E-state index < -0.39 is 0 Å². The molecule has 1 unspecified atom stereocenters. The molecule has 2 bridgehead atoms. The van der Waals surface area contributed by atoms with E-state index in [1.807, 2.05) is 48.5 Å². The van der Waals surface area contributed by atoms with Gasteiger partial charge in [0.2, 0.25) is 0 Å². The summed E-state index contributed by atoms with van der Waals surface area (Å²) >= 11 is 0. The van der Waals surface area contributed by atoms with Gasteiger partial charge in [-0.2, -0.15) is 0 Å². The third-order valence-corrected chi connectivity index (χ3v) is 5.46. The largest absolute Gasteiger partial charge is 0.497 e. The predicted octanol–water partition coefficient (Wildman–Crippen LogP) is 3.72. The molecule has 5 nitrogen and oxygen atoms in total. The first-order valence-electron chi connectivity index (χ1n) is 9.58. The molecule has 0 radical (unpaired) electrons. The maximum Gasteiger partial charge on any atom is 0.143 e. The molecular formula is C22H26N2O3. The minimum atomic E-state index is 0.219. The maximum absolute atomic E-state index is 5.99. The van der Waals surface area contributed by atoms with Crippen LogP contribution in [0.25, 0.3) is 0 Å². The summed E-state index contributed by atoms with van der Waals surface area (Å²) in [4.78, 5) is 8.29. The topological polar surface area (TPSA) is 43.3 Å². The molecular weight excluding hydrogens is 340 g/mol. The molecule has 2 aromatic carbocycles. The molecule has 5 heteroatoms. The summed E-state index contributed by atoms with van der Waals surface area (Å²) in [7, 11) is 1.67. The third-order valence-electron chi connectivity index (χ3n) is 5.46. The van der Waals surface area contributed by atoms with Gasteiger partial charge < -0.3 is 14.3 Å². The molecule has 3 aliphatic rings. The molecule has 0 aliphatic carbocycles. The number of rotatable bonds is 7. The van der Waals surface area contributed by atoms with Crippen LogP contribution in [0.3, 0.4) is 0 Å². The molecule has 1 atom stereocenters. The van der Waals surface area contributed by atoms with Crippen LogP contribution in [0.2, 0.25) is 0 Å². The van der Waals surface area contributed by atoms with E-state index in [2.05, 4.69) is 10.1 Å². The normalized spacial score (nSPS) is 24.1. The number of piperidine rings is 3. The Morgan fingerprint density at radius 2 is 1.85 bits per heavy atom. The van der Waals surface area contributed by atoms with Crippen LogP contribution in [0.1, 0.15) is 24.0 Å². The van der Waals surface area contributed by atoms with Gasteiger partial charge in [0.1, 0.15) is 24.2 Å². The summed E-state index contributed by atoms with van der Waals surface area (Å²) in [6, 6.07) is 15.8. The highest BCUT2D eigenvalue weighted by molar-refractivity contribution is 5.83. The van der Waals surface area contributed by atoms with Gasteiger partial charge in [0.05, 0.1) is 13.3 Å². The Kier molecular flexibility index (Phi) is 5.58. The van der Waals surface area contributed by atoms with Crippen molar-refractivity contribution in [3.05, 3.63) is 59.7 Å². The summed E-state index contributed by atoms with van der Waals surface area (Å²) in [5.41, 5.74) is 2.01. The quantitative estimate of drug-likeness (QED) is 0.553. The first-order valence-corrected chi connectivity index (χ1v) is 9.58. The predicted molar refractivity (Wildman–Crippen MR) is 105 cm³/mol. The number of hydrogen-bond donors (Lipinski definition) is 0. The van der Waals surface area contributed by atoms with E-state index >= 15 is 0 Å². The van der Waals surface area contributed by atoms with Crippen LogP contribution in [-0.2, 0) is 11.4 Å². The van der Waals surface area contributed by atoms with Gasteiger partial charge in [-0.1, -0.05) is 29.4 Å². The fraction of sp³-hybridized carbons (Fsp3) is 0.409. The van der Waals surface area contributed by atoms with Crippen LogP contribution in [0.5, 0.6) is 11.5 Å². The molecule has 3 heterocycles. The first-order chi connectivity index (χ1) is 13.3. The number of oxime groups is 1. The highest BCUT2D eigenvalue weighted by Gasteiger charge is 2.35. The standard InChI is InChI=1S/C22H26N2O3/c1-25-20-8-6-17(7-9-20)16-26-21-5-3-2-4-19(21)14-23-27-22-15-24-12-10-18(22)11-13-24/h2-9,14,18,22H,10-13,15-16H2,1H3/b23-14+. The van der Waals surface area contributed by atoms with Crippen LogP contribution in [0.4, 0.5) is 0 Å². The highest BCUT2D eigenvalue weighted by atomic mass is 16.6. The van der Waals surface area contributed by atoms with Crippen molar-refractivity contribution in [1.82, 2.24) is 4.90 Å². The molecule has 2 aromatic rings.